The molecule has 0 spiro atoms. The molecule has 2 aromatic heterocycles. The van der Waals surface area contributed by atoms with Crippen LogP contribution in [0.15, 0.2) is 54.9 Å². The second-order valence-electron chi connectivity index (χ2n) is 8.14. The molecule has 0 saturated carbocycles. The Morgan fingerprint density at radius 2 is 1.94 bits per heavy atom. The highest BCUT2D eigenvalue weighted by Gasteiger charge is 2.27. The topological polar surface area (TPSA) is 87.7 Å². The van der Waals surface area contributed by atoms with E-state index in [0.29, 0.717) is 36.8 Å². The Morgan fingerprint density at radius 1 is 1.15 bits per heavy atom. The van der Waals surface area contributed by atoms with Crippen LogP contribution in [0.1, 0.15) is 27.2 Å². The molecule has 0 unspecified atom stereocenters. The second-order valence-corrected chi connectivity index (χ2v) is 8.14. The predicted molar refractivity (Wildman–Crippen MR) is 127 cm³/mol. The lowest BCUT2D eigenvalue weighted by Gasteiger charge is -2.29. The molecular weight excluding hydrogens is 418 g/mol. The number of nitrogens with zero attached hydrogens (tertiary/aromatic N) is 4. The zero-order chi connectivity index (χ0) is 23.4. The van der Waals surface area contributed by atoms with Gasteiger partial charge in [-0.15, -0.1) is 0 Å². The first kappa shape index (κ1) is 22.3. The maximum atomic E-state index is 13.0. The standard InChI is InChI=1S/C25H27N5O3/c1-17-10-18(2)12-21(11-17)33-9-8-29(3)25(32)19-13-22-24(27-14-19)28-15-23(31)30(22)16-20-6-4-5-7-26-20/h4-7,10-14H,8-9,15-16H2,1-3H3,(H,27,28). The number of likely N-dealkylation sites (N-methyl/N-ethyl adjacent to an activating group) is 1. The number of carbonyl (C=O) groups excluding carboxylic acids is 2. The summed E-state index contributed by atoms with van der Waals surface area (Å²) >= 11 is 0. The maximum absolute atomic E-state index is 13.0. The van der Waals surface area contributed by atoms with Crippen LogP contribution < -0.4 is 15.0 Å². The number of aryl methyl sites for hydroxylation is 2. The second kappa shape index (κ2) is 9.68. The van der Waals surface area contributed by atoms with Gasteiger partial charge >= 0.3 is 0 Å². The number of hydrogen-bond acceptors (Lipinski definition) is 6. The molecule has 33 heavy (non-hydrogen) atoms. The van der Waals surface area contributed by atoms with E-state index < -0.39 is 0 Å². The van der Waals surface area contributed by atoms with Crippen molar-refractivity contribution in [3.05, 3.63) is 77.2 Å². The summed E-state index contributed by atoms with van der Waals surface area (Å²) < 4.78 is 5.83. The molecule has 1 aliphatic rings. The SMILES string of the molecule is Cc1cc(C)cc(OCCN(C)C(=O)c2cnc3c(c2)N(Cc2ccccn2)C(=O)CN3)c1. The highest BCUT2D eigenvalue weighted by atomic mass is 16.5. The summed E-state index contributed by atoms with van der Waals surface area (Å²) in [6, 6.07) is 13.3. The van der Waals surface area contributed by atoms with E-state index in [9.17, 15) is 9.59 Å². The van der Waals surface area contributed by atoms with E-state index in [4.69, 9.17) is 4.74 Å². The number of aromatic nitrogens is 2. The quantitative estimate of drug-likeness (QED) is 0.601. The molecule has 0 saturated heterocycles. The average Bonchev–Trinajstić information content (AvgIpc) is 2.80. The summed E-state index contributed by atoms with van der Waals surface area (Å²) in [5.74, 6) is 1.07. The van der Waals surface area contributed by atoms with E-state index in [1.807, 2.05) is 44.2 Å². The summed E-state index contributed by atoms with van der Waals surface area (Å²) in [6.45, 7) is 5.29. The van der Waals surface area contributed by atoms with Gasteiger partial charge in [-0.25, -0.2) is 4.98 Å². The molecule has 170 valence electrons. The normalized spacial score (nSPS) is 12.7. The molecule has 2 amide bonds. The Bertz CT molecular complexity index is 1150. The van der Waals surface area contributed by atoms with E-state index in [-0.39, 0.29) is 18.4 Å². The number of ether oxygens (including phenoxy) is 1. The molecular formula is C25H27N5O3. The Morgan fingerprint density at radius 3 is 2.67 bits per heavy atom. The highest BCUT2D eigenvalue weighted by Crippen LogP contribution is 2.30. The number of carbonyl (C=O) groups is 2. The fraction of sp³-hybridized carbons (Fsp3) is 0.280. The smallest absolute Gasteiger partial charge is 0.255 e. The van der Waals surface area contributed by atoms with Gasteiger partial charge in [-0.1, -0.05) is 12.1 Å². The number of amides is 2. The lowest BCUT2D eigenvalue weighted by Crippen LogP contribution is -2.40. The number of benzene rings is 1. The summed E-state index contributed by atoms with van der Waals surface area (Å²) in [6.07, 6.45) is 3.22. The van der Waals surface area contributed by atoms with Crippen LogP contribution in [0.4, 0.5) is 11.5 Å². The van der Waals surface area contributed by atoms with E-state index >= 15 is 0 Å². The van der Waals surface area contributed by atoms with Crippen molar-refractivity contribution in [2.75, 3.05) is 37.0 Å². The molecule has 3 aromatic rings. The molecule has 0 fully saturated rings. The number of nitrogens with one attached hydrogen (secondary N) is 1. The van der Waals surface area contributed by atoms with Gasteiger partial charge in [0.2, 0.25) is 5.91 Å². The predicted octanol–water partition coefficient (Wildman–Crippen LogP) is 3.20. The van der Waals surface area contributed by atoms with Crippen LogP contribution in [0.3, 0.4) is 0 Å². The number of fused-ring (bicyclic) bond motifs is 1. The Balaban J connectivity index is 1.45. The average molecular weight is 446 g/mol. The van der Waals surface area contributed by atoms with Crippen molar-refractivity contribution in [1.29, 1.82) is 0 Å². The van der Waals surface area contributed by atoms with Crippen LogP contribution in [0.5, 0.6) is 5.75 Å². The van der Waals surface area contributed by atoms with Crippen LogP contribution >= 0.6 is 0 Å². The van der Waals surface area contributed by atoms with Crippen LogP contribution in [0, 0.1) is 13.8 Å². The highest BCUT2D eigenvalue weighted by molar-refractivity contribution is 6.04. The molecule has 1 aliphatic heterocycles. The molecule has 8 heteroatoms. The monoisotopic (exact) mass is 445 g/mol. The third kappa shape index (κ3) is 5.28. The molecule has 0 atom stereocenters. The Labute approximate surface area is 193 Å². The molecule has 3 heterocycles. The minimum Gasteiger partial charge on any atom is -0.492 e. The zero-order valence-electron chi connectivity index (χ0n) is 19.0. The van der Waals surface area contributed by atoms with Crippen molar-refractivity contribution >= 4 is 23.3 Å². The van der Waals surface area contributed by atoms with Gasteiger partial charge in [-0.2, -0.15) is 0 Å². The molecule has 1 aromatic carbocycles. The van der Waals surface area contributed by atoms with Crippen LogP contribution in [0.25, 0.3) is 0 Å². The number of pyridine rings is 2. The van der Waals surface area contributed by atoms with E-state index in [1.165, 1.54) is 6.20 Å². The van der Waals surface area contributed by atoms with Crippen LogP contribution in [-0.4, -0.2) is 53.4 Å². The molecule has 0 aliphatic carbocycles. The van der Waals surface area contributed by atoms with Gasteiger partial charge in [0.15, 0.2) is 5.82 Å². The third-order valence-corrected chi connectivity index (χ3v) is 5.40. The molecule has 0 radical (unpaired) electrons. The van der Waals surface area contributed by atoms with Crippen molar-refractivity contribution < 1.29 is 14.3 Å². The van der Waals surface area contributed by atoms with Gasteiger partial charge in [0.25, 0.3) is 5.91 Å². The summed E-state index contributed by atoms with van der Waals surface area (Å²) in [5.41, 5.74) is 4.00. The van der Waals surface area contributed by atoms with E-state index in [1.54, 1.807) is 29.1 Å². The Kier molecular flexibility index (Phi) is 6.53. The first-order valence-electron chi connectivity index (χ1n) is 10.8. The van der Waals surface area contributed by atoms with Crippen molar-refractivity contribution in [3.63, 3.8) is 0 Å². The van der Waals surface area contributed by atoms with Gasteiger partial charge in [0.05, 0.1) is 36.6 Å². The number of anilines is 2. The summed E-state index contributed by atoms with van der Waals surface area (Å²) in [5, 5.41) is 3.02. The molecule has 1 N–H and O–H groups in total. The minimum absolute atomic E-state index is 0.102. The Hall–Kier alpha value is -3.94. The lowest BCUT2D eigenvalue weighted by molar-refractivity contribution is -0.117. The molecule has 0 bridgehead atoms. The van der Waals surface area contributed by atoms with E-state index in [2.05, 4.69) is 21.4 Å². The minimum atomic E-state index is -0.190. The van der Waals surface area contributed by atoms with E-state index in [0.717, 1.165) is 22.6 Å². The first-order chi connectivity index (χ1) is 15.9. The van der Waals surface area contributed by atoms with Gasteiger partial charge in [0, 0.05) is 19.4 Å². The van der Waals surface area contributed by atoms with Crippen molar-refractivity contribution in [2.45, 2.75) is 20.4 Å². The first-order valence-corrected chi connectivity index (χ1v) is 10.8. The number of hydrogen-bond donors (Lipinski definition) is 1. The van der Waals surface area contributed by atoms with Gasteiger partial charge in [0.1, 0.15) is 12.4 Å². The maximum Gasteiger partial charge on any atom is 0.255 e. The van der Waals surface area contributed by atoms with Gasteiger partial charge in [-0.3, -0.25) is 14.6 Å². The van der Waals surface area contributed by atoms with Gasteiger partial charge in [-0.05, 0) is 55.3 Å². The fourth-order valence-electron chi connectivity index (χ4n) is 3.77. The fourth-order valence-corrected chi connectivity index (χ4v) is 3.77. The van der Waals surface area contributed by atoms with Crippen LogP contribution in [0.2, 0.25) is 0 Å². The van der Waals surface area contributed by atoms with Crippen molar-refractivity contribution in [3.8, 4) is 5.75 Å². The van der Waals surface area contributed by atoms with Gasteiger partial charge < -0.3 is 19.9 Å². The number of rotatable bonds is 7. The van der Waals surface area contributed by atoms with Crippen molar-refractivity contribution in [1.82, 2.24) is 14.9 Å². The van der Waals surface area contributed by atoms with Crippen molar-refractivity contribution in [2.24, 2.45) is 0 Å². The third-order valence-electron chi connectivity index (χ3n) is 5.40. The zero-order valence-corrected chi connectivity index (χ0v) is 19.0. The largest absolute Gasteiger partial charge is 0.492 e. The van der Waals surface area contributed by atoms with Crippen LogP contribution in [-0.2, 0) is 11.3 Å². The molecule has 8 nitrogen and oxygen atoms in total. The summed E-state index contributed by atoms with van der Waals surface area (Å²) in [7, 11) is 1.72. The molecule has 4 rings (SSSR count). The lowest BCUT2D eigenvalue weighted by atomic mass is 10.1. The summed E-state index contributed by atoms with van der Waals surface area (Å²) in [4.78, 5) is 37.5.